The van der Waals surface area contributed by atoms with Crippen LogP contribution in [-0.4, -0.2) is 17.9 Å². The van der Waals surface area contributed by atoms with Gasteiger partial charge in [0.25, 0.3) is 11.6 Å². The van der Waals surface area contributed by atoms with E-state index in [1.54, 1.807) is 19.1 Å². The second-order valence-corrected chi connectivity index (χ2v) is 4.91. The Morgan fingerprint density at radius 1 is 1.23 bits per heavy atom. The van der Waals surface area contributed by atoms with E-state index < -0.39 is 10.8 Å². The molecule has 0 heterocycles. The molecule has 0 aliphatic carbocycles. The van der Waals surface area contributed by atoms with Crippen LogP contribution in [0.2, 0.25) is 0 Å². The van der Waals surface area contributed by atoms with E-state index in [9.17, 15) is 14.9 Å². The Bertz CT molecular complexity index is 769. The fourth-order valence-corrected chi connectivity index (χ4v) is 2.55. The van der Waals surface area contributed by atoms with Crippen LogP contribution >= 0.6 is 0 Å². The van der Waals surface area contributed by atoms with Crippen LogP contribution < -0.4 is 10.5 Å². The predicted molar refractivity (Wildman–Crippen MR) is 83.1 cm³/mol. The Kier molecular flexibility index (Phi) is 4.12. The number of nitrogens with two attached hydrogens (primary N) is 1. The second-order valence-electron chi connectivity index (χ2n) is 4.91. The van der Waals surface area contributed by atoms with E-state index in [1.807, 2.05) is 19.1 Å². The quantitative estimate of drug-likeness (QED) is 0.693. The zero-order valence-electron chi connectivity index (χ0n) is 12.5. The number of ether oxygens (including phenoxy) is 1. The summed E-state index contributed by atoms with van der Waals surface area (Å²) < 4.78 is 5.14. The second kappa shape index (κ2) is 5.85. The molecule has 22 heavy (non-hydrogen) atoms. The molecule has 0 spiro atoms. The highest BCUT2D eigenvalue weighted by molar-refractivity contribution is 5.99. The summed E-state index contributed by atoms with van der Waals surface area (Å²) in [5.41, 5.74) is 7.61. The van der Waals surface area contributed by atoms with Gasteiger partial charge in [0.2, 0.25) is 0 Å². The zero-order valence-corrected chi connectivity index (χ0v) is 12.5. The van der Waals surface area contributed by atoms with Gasteiger partial charge >= 0.3 is 0 Å². The molecular weight excluding hydrogens is 284 g/mol. The molecule has 0 saturated heterocycles. The summed E-state index contributed by atoms with van der Waals surface area (Å²) >= 11 is 0. The number of amides is 1. The lowest BCUT2D eigenvalue weighted by Gasteiger charge is -2.14. The van der Waals surface area contributed by atoms with Gasteiger partial charge < -0.3 is 10.5 Å². The molecule has 0 saturated carbocycles. The standard InChI is InChI=1S/C16H16N2O4/c1-9-6-4-5-7-11(9)12-8-13(16(17)19)15(22-3)10(2)14(12)18(20)21/h4-8H,1-3H3,(H2,17,19). The first-order valence-electron chi connectivity index (χ1n) is 6.60. The number of primary amides is 1. The Hall–Kier alpha value is -2.89. The molecule has 114 valence electrons. The maximum atomic E-state index is 11.7. The molecule has 0 aromatic heterocycles. The molecule has 6 nitrogen and oxygen atoms in total. The average molecular weight is 300 g/mol. The maximum absolute atomic E-state index is 11.7. The first kappa shape index (κ1) is 15.5. The first-order valence-corrected chi connectivity index (χ1v) is 6.60. The monoisotopic (exact) mass is 300 g/mol. The molecule has 2 N–H and O–H groups in total. The number of benzene rings is 2. The average Bonchev–Trinajstić information content (AvgIpc) is 2.46. The van der Waals surface area contributed by atoms with E-state index in [4.69, 9.17) is 10.5 Å². The molecule has 0 aliphatic rings. The molecule has 6 heteroatoms. The molecule has 2 aromatic rings. The van der Waals surface area contributed by atoms with Crippen molar-refractivity contribution in [1.29, 1.82) is 0 Å². The van der Waals surface area contributed by atoms with E-state index >= 15 is 0 Å². The third kappa shape index (κ3) is 2.50. The predicted octanol–water partition coefficient (Wildman–Crippen LogP) is 2.99. The Balaban J connectivity index is 2.91. The van der Waals surface area contributed by atoms with Gasteiger partial charge in [-0.05, 0) is 31.0 Å². The number of hydrogen-bond acceptors (Lipinski definition) is 4. The summed E-state index contributed by atoms with van der Waals surface area (Å²) in [4.78, 5) is 22.7. The Morgan fingerprint density at radius 2 is 1.86 bits per heavy atom. The third-order valence-electron chi connectivity index (χ3n) is 3.57. The maximum Gasteiger partial charge on any atom is 0.283 e. The van der Waals surface area contributed by atoms with Crippen molar-refractivity contribution in [3.05, 3.63) is 57.1 Å². The van der Waals surface area contributed by atoms with E-state index in [-0.39, 0.29) is 22.6 Å². The summed E-state index contributed by atoms with van der Waals surface area (Å²) in [5, 5.41) is 11.5. The smallest absolute Gasteiger partial charge is 0.283 e. The van der Waals surface area contributed by atoms with Gasteiger partial charge in [-0.15, -0.1) is 0 Å². The van der Waals surface area contributed by atoms with Crippen LogP contribution in [0.1, 0.15) is 21.5 Å². The highest BCUT2D eigenvalue weighted by atomic mass is 16.6. The molecule has 2 aromatic carbocycles. The van der Waals surface area contributed by atoms with Crippen molar-refractivity contribution in [3.8, 4) is 16.9 Å². The van der Waals surface area contributed by atoms with Crippen molar-refractivity contribution in [1.82, 2.24) is 0 Å². The number of nitrogens with zero attached hydrogens (tertiary/aromatic N) is 1. The van der Waals surface area contributed by atoms with Crippen molar-refractivity contribution in [3.63, 3.8) is 0 Å². The number of aryl methyl sites for hydroxylation is 1. The normalized spacial score (nSPS) is 10.3. The molecule has 0 atom stereocenters. The van der Waals surface area contributed by atoms with Crippen molar-refractivity contribution in [2.24, 2.45) is 5.73 Å². The van der Waals surface area contributed by atoms with Crippen LogP contribution in [0.3, 0.4) is 0 Å². The number of nitro groups is 1. The highest BCUT2D eigenvalue weighted by Crippen LogP contribution is 2.41. The van der Waals surface area contributed by atoms with Gasteiger partial charge in [0.15, 0.2) is 0 Å². The minimum atomic E-state index is -0.690. The first-order chi connectivity index (χ1) is 10.4. The summed E-state index contributed by atoms with van der Waals surface area (Å²) in [6.07, 6.45) is 0. The topological polar surface area (TPSA) is 95.5 Å². The largest absolute Gasteiger partial charge is 0.495 e. The van der Waals surface area contributed by atoms with Crippen LogP contribution in [0, 0.1) is 24.0 Å². The lowest BCUT2D eigenvalue weighted by molar-refractivity contribution is -0.384. The van der Waals surface area contributed by atoms with Gasteiger partial charge in [0.1, 0.15) is 5.75 Å². The minimum absolute atomic E-state index is 0.0869. The number of rotatable bonds is 4. The van der Waals surface area contributed by atoms with E-state index in [1.165, 1.54) is 13.2 Å². The SMILES string of the molecule is COc1c(C(N)=O)cc(-c2ccccc2C)c([N+](=O)[O-])c1C. The molecular formula is C16H16N2O4. The fourth-order valence-electron chi connectivity index (χ4n) is 2.55. The van der Waals surface area contributed by atoms with E-state index in [0.717, 1.165) is 5.56 Å². The fraction of sp³-hybridized carbons (Fsp3) is 0.188. The van der Waals surface area contributed by atoms with Crippen molar-refractivity contribution in [2.45, 2.75) is 13.8 Å². The van der Waals surface area contributed by atoms with Crippen molar-refractivity contribution in [2.75, 3.05) is 7.11 Å². The third-order valence-corrected chi connectivity index (χ3v) is 3.57. The van der Waals surface area contributed by atoms with Crippen molar-refractivity contribution >= 4 is 11.6 Å². The number of carbonyl (C=O) groups excluding carboxylic acids is 1. The van der Waals surface area contributed by atoms with E-state index in [2.05, 4.69) is 0 Å². The minimum Gasteiger partial charge on any atom is -0.495 e. The lowest BCUT2D eigenvalue weighted by atomic mass is 9.93. The summed E-state index contributed by atoms with van der Waals surface area (Å²) in [6.45, 7) is 3.40. The van der Waals surface area contributed by atoms with Gasteiger partial charge in [0, 0.05) is 0 Å². The Labute approximate surface area is 127 Å². The molecule has 0 fully saturated rings. The van der Waals surface area contributed by atoms with Crippen LogP contribution in [0.5, 0.6) is 5.75 Å². The number of nitro benzene ring substituents is 1. The van der Waals surface area contributed by atoms with Crippen molar-refractivity contribution < 1.29 is 14.5 Å². The number of methoxy groups -OCH3 is 1. The van der Waals surface area contributed by atoms with Gasteiger partial charge in [-0.3, -0.25) is 14.9 Å². The zero-order chi connectivity index (χ0) is 16.4. The molecule has 0 unspecified atom stereocenters. The number of hydrogen-bond donors (Lipinski definition) is 1. The summed E-state index contributed by atoms with van der Waals surface area (Å²) in [6, 6.07) is 8.68. The van der Waals surface area contributed by atoms with Gasteiger partial charge in [0.05, 0.1) is 28.7 Å². The Morgan fingerprint density at radius 3 is 2.36 bits per heavy atom. The molecule has 0 radical (unpaired) electrons. The number of carbonyl (C=O) groups is 1. The van der Waals surface area contributed by atoms with Crippen LogP contribution in [0.15, 0.2) is 30.3 Å². The lowest BCUT2D eigenvalue weighted by Crippen LogP contribution is -2.14. The molecule has 0 aliphatic heterocycles. The van der Waals surface area contributed by atoms with Crippen LogP contribution in [0.25, 0.3) is 11.1 Å². The van der Waals surface area contributed by atoms with Gasteiger partial charge in [-0.2, -0.15) is 0 Å². The van der Waals surface area contributed by atoms with Crippen LogP contribution in [-0.2, 0) is 0 Å². The molecule has 0 bridgehead atoms. The highest BCUT2D eigenvalue weighted by Gasteiger charge is 2.27. The molecule has 2 rings (SSSR count). The van der Waals surface area contributed by atoms with Crippen LogP contribution in [0.4, 0.5) is 5.69 Å². The molecule has 1 amide bonds. The summed E-state index contributed by atoms with van der Waals surface area (Å²) in [7, 11) is 1.35. The summed E-state index contributed by atoms with van der Waals surface area (Å²) in [5.74, 6) is -0.554. The van der Waals surface area contributed by atoms with E-state index in [0.29, 0.717) is 11.1 Å². The van der Waals surface area contributed by atoms with Gasteiger partial charge in [-0.1, -0.05) is 24.3 Å². The van der Waals surface area contributed by atoms with Gasteiger partial charge in [-0.25, -0.2) is 0 Å².